The smallest absolute Gasteiger partial charge is 0.252 e. The highest BCUT2D eigenvalue weighted by Crippen LogP contribution is 2.31. The highest BCUT2D eigenvalue weighted by Gasteiger charge is 2.20. The molecule has 0 aliphatic carbocycles. The molecule has 5 aromatic rings. The molecule has 0 bridgehead atoms. The van der Waals surface area contributed by atoms with Crippen LogP contribution in [0.25, 0.3) is 32.4 Å². The number of thiazole rings is 1. The van der Waals surface area contributed by atoms with Crippen molar-refractivity contribution in [2.75, 3.05) is 44.2 Å². The van der Waals surface area contributed by atoms with Crippen molar-refractivity contribution in [2.24, 2.45) is 0 Å². The van der Waals surface area contributed by atoms with Gasteiger partial charge in [-0.2, -0.15) is 0 Å². The van der Waals surface area contributed by atoms with E-state index >= 15 is 0 Å². The van der Waals surface area contributed by atoms with Gasteiger partial charge in [-0.15, -0.1) is 0 Å². The monoisotopic (exact) mass is 527 g/mol. The number of carbonyl (C=O) groups is 1. The third-order valence-corrected chi connectivity index (χ3v) is 8.04. The predicted octanol–water partition coefficient (Wildman–Crippen LogP) is 5.72. The Morgan fingerprint density at radius 2 is 1.68 bits per heavy atom. The molecule has 0 atom stereocenters. The average molecular weight is 528 g/mol. The number of piperazine rings is 1. The SMILES string of the molecule is O=C(NCCN1CCN(c2nc3ccc(Cl)cc3s2)CC1)c1cc(-c2ccccc2)nc2ccccc12. The number of nitrogens with one attached hydrogen (secondary N) is 1. The van der Waals surface area contributed by atoms with E-state index in [1.54, 1.807) is 11.3 Å². The van der Waals surface area contributed by atoms with Crippen LogP contribution in [0, 0.1) is 0 Å². The fraction of sp³-hybridized carbons (Fsp3) is 0.207. The molecule has 1 aliphatic rings. The highest BCUT2D eigenvalue weighted by atomic mass is 35.5. The molecular formula is C29H26ClN5OS. The molecule has 1 aliphatic heterocycles. The van der Waals surface area contributed by atoms with Crippen LogP contribution in [0.15, 0.2) is 78.9 Å². The average Bonchev–Trinajstić information content (AvgIpc) is 3.36. The zero-order valence-corrected chi connectivity index (χ0v) is 21.8. The number of benzene rings is 3. The summed E-state index contributed by atoms with van der Waals surface area (Å²) in [6, 6.07) is 25.5. The van der Waals surface area contributed by atoms with Gasteiger partial charge >= 0.3 is 0 Å². The molecule has 6 nitrogen and oxygen atoms in total. The Balaban J connectivity index is 1.08. The number of hydrogen-bond acceptors (Lipinski definition) is 6. The van der Waals surface area contributed by atoms with E-state index in [0.29, 0.717) is 12.1 Å². The Morgan fingerprint density at radius 3 is 2.51 bits per heavy atom. The summed E-state index contributed by atoms with van der Waals surface area (Å²) in [6.45, 7) is 5.10. The topological polar surface area (TPSA) is 61.4 Å². The van der Waals surface area contributed by atoms with Crippen molar-refractivity contribution in [1.29, 1.82) is 0 Å². The van der Waals surface area contributed by atoms with E-state index < -0.39 is 0 Å². The zero-order chi connectivity index (χ0) is 25.2. The van der Waals surface area contributed by atoms with Gasteiger partial charge in [-0.25, -0.2) is 9.97 Å². The van der Waals surface area contributed by atoms with Gasteiger partial charge in [0.2, 0.25) is 0 Å². The first-order valence-corrected chi connectivity index (χ1v) is 13.6. The molecule has 3 heterocycles. The first kappa shape index (κ1) is 23.9. The zero-order valence-electron chi connectivity index (χ0n) is 20.2. The lowest BCUT2D eigenvalue weighted by Gasteiger charge is -2.34. The molecule has 1 fully saturated rings. The minimum atomic E-state index is -0.0671. The van der Waals surface area contributed by atoms with Gasteiger partial charge in [0.25, 0.3) is 5.91 Å². The van der Waals surface area contributed by atoms with Crippen molar-refractivity contribution in [3.8, 4) is 11.3 Å². The second kappa shape index (κ2) is 10.5. The van der Waals surface area contributed by atoms with Crippen LogP contribution in [0.4, 0.5) is 5.13 Å². The number of halogens is 1. The molecule has 0 radical (unpaired) electrons. The van der Waals surface area contributed by atoms with Gasteiger partial charge in [-0.1, -0.05) is 71.5 Å². The molecular weight excluding hydrogens is 502 g/mol. The van der Waals surface area contributed by atoms with Gasteiger partial charge in [0.05, 0.1) is 27.0 Å². The minimum Gasteiger partial charge on any atom is -0.351 e. The molecule has 1 N–H and O–H groups in total. The molecule has 8 heteroatoms. The summed E-state index contributed by atoms with van der Waals surface area (Å²) >= 11 is 7.82. The van der Waals surface area contributed by atoms with E-state index in [-0.39, 0.29) is 5.91 Å². The van der Waals surface area contributed by atoms with Gasteiger partial charge in [0.15, 0.2) is 5.13 Å². The van der Waals surface area contributed by atoms with Crippen molar-refractivity contribution >= 4 is 55.1 Å². The molecule has 0 saturated carbocycles. The molecule has 1 saturated heterocycles. The van der Waals surface area contributed by atoms with Crippen molar-refractivity contribution in [1.82, 2.24) is 20.2 Å². The Kier molecular flexibility index (Phi) is 6.74. The van der Waals surface area contributed by atoms with Crippen molar-refractivity contribution in [3.63, 3.8) is 0 Å². The second-order valence-electron chi connectivity index (χ2n) is 9.13. The Hall–Kier alpha value is -3.52. The van der Waals surface area contributed by atoms with Crippen LogP contribution >= 0.6 is 22.9 Å². The number of aromatic nitrogens is 2. The van der Waals surface area contributed by atoms with Crippen LogP contribution in [0.5, 0.6) is 0 Å². The van der Waals surface area contributed by atoms with E-state index in [9.17, 15) is 4.79 Å². The molecule has 0 unspecified atom stereocenters. The van der Waals surface area contributed by atoms with Gasteiger partial charge < -0.3 is 10.2 Å². The van der Waals surface area contributed by atoms with E-state index in [1.165, 1.54) is 0 Å². The summed E-state index contributed by atoms with van der Waals surface area (Å²) in [4.78, 5) is 27.5. The number of pyridine rings is 1. The van der Waals surface area contributed by atoms with Gasteiger partial charge in [0.1, 0.15) is 0 Å². The van der Waals surface area contributed by atoms with Crippen LogP contribution in [-0.4, -0.2) is 60.0 Å². The van der Waals surface area contributed by atoms with E-state index in [2.05, 4.69) is 15.1 Å². The molecule has 0 spiro atoms. The van der Waals surface area contributed by atoms with Crippen molar-refractivity contribution in [3.05, 3.63) is 89.4 Å². The summed E-state index contributed by atoms with van der Waals surface area (Å²) < 4.78 is 1.12. The number of anilines is 1. The minimum absolute atomic E-state index is 0.0671. The predicted molar refractivity (Wildman–Crippen MR) is 153 cm³/mol. The van der Waals surface area contributed by atoms with Crippen LogP contribution in [0.3, 0.4) is 0 Å². The molecule has 1 amide bonds. The molecule has 2 aromatic heterocycles. The first-order valence-electron chi connectivity index (χ1n) is 12.4. The Labute approximate surface area is 224 Å². The number of amides is 1. The second-order valence-corrected chi connectivity index (χ2v) is 10.6. The van der Waals surface area contributed by atoms with Crippen LogP contribution in [0.1, 0.15) is 10.4 Å². The summed E-state index contributed by atoms with van der Waals surface area (Å²) in [5, 5.41) is 5.79. The summed E-state index contributed by atoms with van der Waals surface area (Å²) in [7, 11) is 0. The first-order chi connectivity index (χ1) is 18.1. The third-order valence-electron chi connectivity index (χ3n) is 6.73. The molecule has 3 aromatic carbocycles. The number of carbonyl (C=O) groups excluding carboxylic acids is 1. The van der Waals surface area contributed by atoms with E-state index in [4.69, 9.17) is 21.6 Å². The van der Waals surface area contributed by atoms with Crippen LogP contribution in [-0.2, 0) is 0 Å². The normalized spacial score (nSPS) is 14.4. The molecule has 37 heavy (non-hydrogen) atoms. The standard InChI is InChI=1S/C29H26ClN5OS/c30-21-10-11-25-27(18-21)37-29(33-25)35-16-14-34(15-17-35)13-12-31-28(36)23-19-26(20-6-2-1-3-7-20)32-24-9-5-4-8-22(23)24/h1-11,18-19H,12-17H2,(H,31,36). The molecule has 6 rings (SSSR count). The van der Waals surface area contributed by atoms with Gasteiger partial charge in [0, 0.05) is 55.2 Å². The lowest BCUT2D eigenvalue weighted by atomic mass is 10.0. The maximum atomic E-state index is 13.2. The van der Waals surface area contributed by atoms with E-state index in [1.807, 2.05) is 78.9 Å². The van der Waals surface area contributed by atoms with Crippen molar-refractivity contribution in [2.45, 2.75) is 0 Å². The quantitative estimate of drug-likeness (QED) is 0.306. The Bertz CT molecular complexity index is 1560. The maximum absolute atomic E-state index is 13.2. The Morgan fingerprint density at radius 1 is 0.892 bits per heavy atom. The van der Waals surface area contributed by atoms with Crippen LogP contribution in [0.2, 0.25) is 5.02 Å². The summed E-state index contributed by atoms with van der Waals surface area (Å²) in [5.41, 5.74) is 4.27. The van der Waals surface area contributed by atoms with Crippen LogP contribution < -0.4 is 10.2 Å². The highest BCUT2D eigenvalue weighted by molar-refractivity contribution is 7.22. The third kappa shape index (κ3) is 5.16. The largest absolute Gasteiger partial charge is 0.351 e. The number of hydrogen-bond donors (Lipinski definition) is 1. The number of rotatable bonds is 6. The fourth-order valence-corrected chi connectivity index (χ4v) is 6.02. The van der Waals surface area contributed by atoms with Gasteiger partial charge in [-0.05, 0) is 30.3 Å². The number of nitrogens with zero attached hydrogens (tertiary/aromatic N) is 4. The van der Waals surface area contributed by atoms with Crippen molar-refractivity contribution < 1.29 is 4.79 Å². The lowest BCUT2D eigenvalue weighted by Crippen LogP contribution is -2.48. The number of para-hydroxylation sites is 1. The summed E-state index contributed by atoms with van der Waals surface area (Å²) in [5.74, 6) is -0.0671. The molecule has 186 valence electrons. The lowest BCUT2D eigenvalue weighted by molar-refractivity contribution is 0.0949. The van der Waals surface area contributed by atoms with E-state index in [0.717, 1.165) is 75.3 Å². The van der Waals surface area contributed by atoms with Gasteiger partial charge in [-0.3, -0.25) is 9.69 Å². The maximum Gasteiger partial charge on any atom is 0.252 e. The fourth-order valence-electron chi connectivity index (χ4n) is 4.73. The number of fused-ring (bicyclic) bond motifs is 2. The summed E-state index contributed by atoms with van der Waals surface area (Å²) in [6.07, 6.45) is 0.